The second kappa shape index (κ2) is 7.46. The quantitative estimate of drug-likeness (QED) is 0.751. The molecule has 1 aliphatic carbocycles. The van der Waals surface area contributed by atoms with Crippen LogP contribution in [0.1, 0.15) is 57.8 Å². The molecule has 0 amide bonds. The van der Waals surface area contributed by atoms with Gasteiger partial charge in [-0.15, -0.1) is 0 Å². The predicted molar refractivity (Wildman–Crippen MR) is 85.4 cm³/mol. The van der Waals surface area contributed by atoms with Crippen LogP contribution in [0, 0.1) is 5.92 Å². The van der Waals surface area contributed by atoms with Gasteiger partial charge in [0.15, 0.2) is 0 Å². The standard InChI is InChI=1S/C16H28ClN3/c1-4-11-18-14(12-7-8-12)9-10-15-16(17)13(5-2)19-20(15)6-3/h12,14,18H,4-11H2,1-3H3. The summed E-state index contributed by atoms with van der Waals surface area (Å²) in [4.78, 5) is 0. The Morgan fingerprint density at radius 2 is 2.10 bits per heavy atom. The van der Waals surface area contributed by atoms with Crippen molar-refractivity contribution in [2.45, 2.75) is 71.9 Å². The Labute approximate surface area is 128 Å². The van der Waals surface area contributed by atoms with E-state index in [2.05, 4.69) is 35.9 Å². The molecule has 0 aliphatic heterocycles. The third kappa shape index (κ3) is 3.76. The number of aromatic nitrogens is 2. The molecule has 1 atom stereocenters. The molecule has 1 heterocycles. The highest BCUT2D eigenvalue weighted by Gasteiger charge is 2.30. The zero-order valence-electron chi connectivity index (χ0n) is 13.1. The fourth-order valence-electron chi connectivity index (χ4n) is 2.88. The van der Waals surface area contributed by atoms with Crippen molar-refractivity contribution in [1.29, 1.82) is 0 Å². The zero-order chi connectivity index (χ0) is 14.5. The molecule has 0 spiro atoms. The fourth-order valence-corrected chi connectivity index (χ4v) is 3.24. The van der Waals surface area contributed by atoms with Crippen molar-refractivity contribution in [1.82, 2.24) is 15.1 Å². The van der Waals surface area contributed by atoms with Gasteiger partial charge in [-0.2, -0.15) is 5.10 Å². The molecule has 114 valence electrons. The first kappa shape index (κ1) is 15.8. The van der Waals surface area contributed by atoms with E-state index >= 15 is 0 Å². The van der Waals surface area contributed by atoms with E-state index in [1.54, 1.807) is 0 Å². The minimum Gasteiger partial charge on any atom is -0.314 e. The van der Waals surface area contributed by atoms with Gasteiger partial charge < -0.3 is 5.32 Å². The monoisotopic (exact) mass is 297 g/mol. The zero-order valence-corrected chi connectivity index (χ0v) is 13.8. The number of halogens is 1. The molecule has 2 rings (SSSR count). The summed E-state index contributed by atoms with van der Waals surface area (Å²) in [7, 11) is 0. The average molecular weight is 298 g/mol. The molecule has 1 aromatic rings. The van der Waals surface area contributed by atoms with Crippen molar-refractivity contribution in [3.05, 3.63) is 16.4 Å². The smallest absolute Gasteiger partial charge is 0.0849 e. The summed E-state index contributed by atoms with van der Waals surface area (Å²) < 4.78 is 2.09. The van der Waals surface area contributed by atoms with Crippen molar-refractivity contribution >= 4 is 11.6 Å². The van der Waals surface area contributed by atoms with Crippen LogP contribution in [0.15, 0.2) is 0 Å². The molecule has 3 nitrogen and oxygen atoms in total. The summed E-state index contributed by atoms with van der Waals surface area (Å²) in [5.74, 6) is 0.893. The Hall–Kier alpha value is -0.540. The van der Waals surface area contributed by atoms with E-state index in [4.69, 9.17) is 11.6 Å². The third-order valence-electron chi connectivity index (χ3n) is 4.23. The number of nitrogens with one attached hydrogen (secondary N) is 1. The van der Waals surface area contributed by atoms with Crippen LogP contribution in [0.25, 0.3) is 0 Å². The van der Waals surface area contributed by atoms with Crippen LogP contribution in [0.4, 0.5) is 0 Å². The maximum absolute atomic E-state index is 6.49. The highest BCUT2D eigenvalue weighted by Crippen LogP contribution is 2.35. The Balaban J connectivity index is 1.99. The van der Waals surface area contributed by atoms with E-state index in [-0.39, 0.29) is 0 Å². The molecule has 0 aromatic carbocycles. The van der Waals surface area contributed by atoms with Gasteiger partial charge >= 0.3 is 0 Å². The number of nitrogens with zero attached hydrogens (tertiary/aromatic N) is 2. The predicted octanol–water partition coefficient (Wildman–Crippen LogP) is 3.83. The average Bonchev–Trinajstić information content (AvgIpc) is 3.25. The SMILES string of the molecule is CCCNC(CCc1c(Cl)c(CC)nn1CC)C1CC1. The molecule has 1 saturated carbocycles. The highest BCUT2D eigenvalue weighted by atomic mass is 35.5. The van der Waals surface area contributed by atoms with E-state index in [9.17, 15) is 0 Å². The Morgan fingerprint density at radius 1 is 1.35 bits per heavy atom. The lowest BCUT2D eigenvalue weighted by molar-refractivity contribution is 0.429. The van der Waals surface area contributed by atoms with Crippen molar-refractivity contribution < 1.29 is 0 Å². The second-order valence-electron chi connectivity index (χ2n) is 5.81. The molecule has 1 N–H and O–H groups in total. The lowest BCUT2D eigenvalue weighted by atomic mass is 10.0. The molecule has 1 aromatic heterocycles. The van der Waals surface area contributed by atoms with Gasteiger partial charge in [0.25, 0.3) is 0 Å². The first-order chi connectivity index (χ1) is 9.71. The minimum absolute atomic E-state index is 0.663. The van der Waals surface area contributed by atoms with Gasteiger partial charge in [-0.25, -0.2) is 0 Å². The van der Waals surface area contributed by atoms with Crippen molar-refractivity contribution in [3.63, 3.8) is 0 Å². The minimum atomic E-state index is 0.663. The largest absolute Gasteiger partial charge is 0.314 e. The highest BCUT2D eigenvalue weighted by molar-refractivity contribution is 6.31. The summed E-state index contributed by atoms with van der Waals surface area (Å²) in [5, 5.41) is 9.22. The number of hydrogen-bond donors (Lipinski definition) is 1. The maximum atomic E-state index is 6.49. The summed E-state index contributed by atoms with van der Waals surface area (Å²) >= 11 is 6.49. The lowest BCUT2D eigenvalue weighted by Gasteiger charge is -2.18. The van der Waals surface area contributed by atoms with E-state index in [1.165, 1.54) is 31.4 Å². The summed E-state index contributed by atoms with van der Waals surface area (Å²) in [6.45, 7) is 8.52. The van der Waals surface area contributed by atoms with Gasteiger partial charge in [0, 0.05) is 12.6 Å². The summed E-state index contributed by atoms with van der Waals surface area (Å²) in [6, 6.07) is 0.663. The number of aryl methyl sites for hydroxylation is 2. The molecule has 1 unspecified atom stereocenters. The maximum Gasteiger partial charge on any atom is 0.0849 e. The van der Waals surface area contributed by atoms with Crippen LogP contribution in [-0.2, 0) is 19.4 Å². The number of rotatable bonds is 9. The molecular formula is C16H28ClN3. The van der Waals surface area contributed by atoms with E-state index in [0.29, 0.717) is 6.04 Å². The topological polar surface area (TPSA) is 29.9 Å². The van der Waals surface area contributed by atoms with Crippen LogP contribution < -0.4 is 5.32 Å². The molecule has 0 saturated heterocycles. The van der Waals surface area contributed by atoms with Gasteiger partial charge in [-0.3, -0.25) is 4.68 Å². The molecule has 0 bridgehead atoms. The van der Waals surface area contributed by atoms with Gasteiger partial charge in [-0.05, 0) is 57.9 Å². The van der Waals surface area contributed by atoms with Crippen LogP contribution >= 0.6 is 11.6 Å². The normalized spacial score (nSPS) is 16.6. The third-order valence-corrected chi connectivity index (χ3v) is 4.67. The summed E-state index contributed by atoms with van der Waals surface area (Å²) in [5.41, 5.74) is 2.28. The molecule has 1 aliphatic rings. The Morgan fingerprint density at radius 3 is 2.65 bits per heavy atom. The first-order valence-corrected chi connectivity index (χ1v) is 8.56. The van der Waals surface area contributed by atoms with E-state index < -0.39 is 0 Å². The van der Waals surface area contributed by atoms with Gasteiger partial charge in [-0.1, -0.05) is 25.4 Å². The second-order valence-corrected chi connectivity index (χ2v) is 6.19. The van der Waals surface area contributed by atoms with E-state index in [1.807, 2.05) is 0 Å². The van der Waals surface area contributed by atoms with Gasteiger partial charge in [0.2, 0.25) is 0 Å². The van der Waals surface area contributed by atoms with Crippen molar-refractivity contribution in [2.75, 3.05) is 6.54 Å². The van der Waals surface area contributed by atoms with Crippen LogP contribution in [0.5, 0.6) is 0 Å². The number of hydrogen-bond acceptors (Lipinski definition) is 2. The van der Waals surface area contributed by atoms with Crippen molar-refractivity contribution in [2.24, 2.45) is 5.92 Å². The molecular weight excluding hydrogens is 270 g/mol. The fraction of sp³-hybridized carbons (Fsp3) is 0.812. The first-order valence-electron chi connectivity index (χ1n) is 8.18. The molecule has 4 heteroatoms. The summed E-state index contributed by atoms with van der Waals surface area (Å²) in [6.07, 6.45) is 7.12. The van der Waals surface area contributed by atoms with Crippen LogP contribution in [-0.4, -0.2) is 22.4 Å². The molecule has 1 fully saturated rings. The molecule has 20 heavy (non-hydrogen) atoms. The molecule has 0 radical (unpaired) electrons. The van der Waals surface area contributed by atoms with E-state index in [0.717, 1.165) is 42.6 Å². The van der Waals surface area contributed by atoms with Gasteiger partial charge in [0.1, 0.15) is 0 Å². The van der Waals surface area contributed by atoms with Crippen LogP contribution in [0.2, 0.25) is 5.02 Å². The van der Waals surface area contributed by atoms with Gasteiger partial charge in [0.05, 0.1) is 16.4 Å². The van der Waals surface area contributed by atoms with Crippen LogP contribution in [0.3, 0.4) is 0 Å². The Kier molecular flexibility index (Phi) is 5.91. The lowest BCUT2D eigenvalue weighted by Crippen LogP contribution is -2.32. The Bertz CT molecular complexity index is 424. The van der Waals surface area contributed by atoms with Crippen molar-refractivity contribution in [3.8, 4) is 0 Å².